The van der Waals surface area contributed by atoms with Crippen molar-refractivity contribution in [2.24, 2.45) is 5.92 Å². The van der Waals surface area contributed by atoms with Gasteiger partial charge in [0.25, 0.3) is 0 Å². The van der Waals surface area contributed by atoms with Gasteiger partial charge in [0.15, 0.2) is 0 Å². The Morgan fingerprint density at radius 3 is 2.88 bits per heavy atom. The second kappa shape index (κ2) is 5.61. The molecule has 1 heterocycles. The predicted molar refractivity (Wildman–Crippen MR) is 69.1 cm³/mol. The first-order valence-corrected chi connectivity index (χ1v) is 8.17. The van der Waals surface area contributed by atoms with E-state index in [1.54, 1.807) is 0 Å². The van der Waals surface area contributed by atoms with Crippen molar-refractivity contribution >= 4 is 10.8 Å². The number of rotatable bonds is 4. The second-order valence-electron chi connectivity index (χ2n) is 5.34. The minimum absolute atomic E-state index is 0.465. The minimum atomic E-state index is -0.671. The lowest BCUT2D eigenvalue weighted by molar-refractivity contribution is 0.213. The van der Waals surface area contributed by atoms with E-state index in [9.17, 15) is 4.21 Å². The number of hydrogen-bond donors (Lipinski definition) is 1. The van der Waals surface area contributed by atoms with Gasteiger partial charge in [0, 0.05) is 41.4 Å². The monoisotopic (exact) mass is 244 g/mol. The van der Waals surface area contributed by atoms with E-state index in [4.69, 9.17) is 0 Å². The molecule has 0 aromatic carbocycles. The Hall–Kier alpha value is 0.0700. The zero-order chi connectivity index (χ0) is 11.5. The van der Waals surface area contributed by atoms with Crippen LogP contribution in [-0.2, 0) is 10.8 Å². The zero-order valence-corrected chi connectivity index (χ0v) is 11.3. The maximum absolute atomic E-state index is 11.3. The van der Waals surface area contributed by atoms with E-state index < -0.39 is 10.8 Å². The van der Waals surface area contributed by atoms with Gasteiger partial charge >= 0.3 is 0 Å². The minimum Gasteiger partial charge on any atom is -0.312 e. The topological polar surface area (TPSA) is 32.3 Å². The molecule has 2 fully saturated rings. The Kier molecular flexibility index (Phi) is 4.39. The SMILES string of the molecule is CC(CS(C)=O)N1CCCNC(C2CC2)C1. The molecule has 0 bridgehead atoms. The first-order chi connectivity index (χ1) is 7.66. The van der Waals surface area contributed by atoms with Crippen LogP contribution < -0.4 is 5.32 Å². The fraction of sp³-hybridized carbons (Fsp3) is 1.00. The first kappa shape index (κ1) is 12.5. The number of nitrogens with one attached hydrogen (secondary N) is 1. The van der Waals surface area contributed by atoms with Crippen LogP contribution in [0.3, 0.4) is 0 Å². The van der Waals surface area contributed by atoms with Crippen molar-refractivity contribution in [3.05, 3.63) is 0 Å². The molecule has 0 aromatic heterocycles. The van der Waals surface area contributed by atoms with Crippen molar-refractivity contribution in [3.8, 4) is 0 Å². The maximum atomic E-state index is 11.3. The zero-order valence-electron chi connectivity index (χ0n) is 10.4. The van der Waals surface area contributed by atoms with Crippen molar-refractivity contribution in [1.29, 1.82) is 0 Å². The fourth-order valence-electron chi connectivity index (χ4n) is 2.64. The number of hydrogen-bond acceptors (Lipinski definition) is 3. The summed E-state index contributed by atoms with van der Waals surface area (Å²) in [4.78, 5) is 2.53. The van der Waals surface area contributed by atoms with E-state index in [1.807, 2.05) is 6.26 Å². The molecule has 1 aliphatic carbocycles. The van der Waals surface area contributed by atoms with E-state index >= 15 is 0 Å². The number of nitrogens with zero attached hydrogens (tertiary/aromatic N) is 1. The van der Waals surface area contributed by atoms with E-state index in [2.05, 4.69) is 17.1 Å². The molecule has 2 aliphatic rings. The fourth-order valence-corrected chi connectivity index (χ4v) is 3.53. The Balaban J connectivity index is 1.88. The van der Waals surface area contributed by atoms with Crippen LogP contribution in [0.25, 0.3) is 0 Å². The molecule has 0 amide bonds. The molecule has 1 aliphatic heterocycles. The van der Waals surface area contributed by atoms with Gasteiger partial charge in [-0.25, -0.2) is 0 Å². The van der Waals surface area contributed by atoms with Crippen LogP contribution in [0.1, 0.15) is 26.2 Å². The van der Waals surface area contributed by atoms with Crippen LogP contribution in [0.4, 0.5) is 0 Å². The van der Waals surface area contributed by atoms with Gasteiger partial charge < -0.3 is 5.32 Å². The lowest BCUT2D eigenvalue weighted by Gasteiger charge is -2.29. The lowest BCUT2D eigenvalue weighted by Crippen LogP contribution is -2.44. The van der Waals surface area contributed by atoms with Crippen LogP contribution in [0.2, 0.25) is 0 Å². The third-order valence-corrected chi connectivity index (χ3v) is 4.70. The molecule has 1 N–H and O–H groups in total. The average Bonchev–Trinajstić information content (AvgIpc) is 3.03. The van der Waals surface area contributed by atoms with Crippen LogP contribution >= 0.6 is 0 Å². The lowest BCUT2D eigenvalue weighted by atomic mass is 10.1. The normalized spacial score (nSPS) is 32.0. The summed E-state index contributed by atoms with van der Waals surface area (Å²) >= 11 is 0. The van der Waals surface area contributed by atoms with E-state index in [0.717, 1.165) is 31.3 Å². The summed E-state index contributed by atoms with van der Waals surface area (Å²) in [5, 5.41) is 3.66. The third kappa shape index (κ3) is 3.54. The summed E-state index contributed by atoms with van der Waals surface area (Å²) < 4.78 is 11.3. The predicted octanol–water partition coefficient (Wildman–Crippen LogP) is 0.827. The van der Waals surface area contributed by atoms with Gasteiger partial charge in [0.05, 0.1) is 0 Å². The standard InChI is InChI=1S/C12H24N2OS/c1-10(9-16(2)15)14-7-3-6-13-12(8-14)11-4-5-11/h10-13H,3-9H2,1-2H3. The Bertz CT molecular complexity index is 255. The molecular weight excluding hydrogens is 220 g/mol. The molecule has 94 valence electrons. The highest BCUT2D eigenvalue weighted by atomic mass is 32.2. The third-order valence-electron chi connectivity index (χ3n) is 3.75. The second-order valence-corrected chi connectivity index (χ2v) is 6.82. The van der Waals surface area contributed by atoms with Gasteiger partial charge in [0.1, 0.15) is 0 Å². The summed E-state index contributed by atoms with van der Waals surface area (Å²) in [7, 11) is -0.671. The Morgan fingerprint density at radius 2 is 2.25 bits per heavy atom. The van der Waals surface area contributed by atoms with Gasteiger partial charge in [0.2, 0.25) is 0 Å². The van der Waals surface area contributed by atoms with E-state index in [1.165, 1.54) is 19.3 Å². The van der Waals surface area contributed by atoms with Gasteiger partial charge in [-0.1, -0.05) is 0 Å². The molecule has 1 saturated heterocycles. The van der Waals surface area contributed by atoms with Crippen LogP contribution in [0.5, 0.6) is 0 Å². The summed E-state index contributed by atoms with van der Waals surface area (Å²) in [6.07, 6.45) is 5.84. The van der Waals surface area contributed by atoms with Crippen molar-refractivity contribution in [2.45, 2.75) is 38.3 Å². The summed E-state index contributed by atoms with van der Waals surface area (Å²) in [6, 6.07) is 1.15. The summed E-state index contributed by atoms with van der Waals surface area (Å²) in [5.74, 6) is 1.73. The summed E-state index contributed by atoms with van der Waals surface area (Å²) in [6.45, 7) is 5.69. The first-order valence-electron chi connectivity index (χ1n) is 6.44. The molecule has 2 rings (SSSR count). The van der Waals surface area contributed by atoms with Crippen LogP contribution in [0, 0.1) is 5.92 Å². The van der Waals surface area contributed by atoms with E-state index in [0.29, 0.717) is 12.1 Å². The van der Waals surface area contributed by atoms with Crippen molar-refractivity contribution < 1.29 is 4.21 Å². The van der Waals surface area contributed by atoms with Crippen molar-refractivity contribution in [1.82, 2.24) is 10.2 Å². The molecule has 3 unspecified atom stereocenters. The van der Waals surface area contributed by atoms with Crippen LogP contribution in [0.15, 0.2) is 0 Å². The van der Waals surface area contributed by atoms with Gasteiger partial charge in [-0.3, -0.25) is 9.11 Å². The largest absolute Gasteiger partial charge is 0.312 e. The molecular formula is C12H24N2OS. The van der Waals surface area contributed by atoms with Crippen molar-refractivity contribution in [2.75, 3.05) is 31.6 Å². The quantitative estimate of drug-likeness (QED) is 0.795. The molecule has 1 saturated carbocycles. The van der Waals surface area contributed by atoms with E-state index in [-0.39, 0.29) is 0 Å². The summed E-state index contributed by atoms with van der Waals surface area (Å²) in [5.41, 5.74) is 0. The molecule has 3 atom stereocenters. The van der Waals surface area contributed by atoms with Gasteiger partial charge in [-0.15, -0.1) is 0 Å². The molecule has 0 radical (unpaired) electrons. The van der Waals surface area contributed by atoms with Gasteiger partial charge in [-0.05, 0) is 45.2 Å². The Labute approximate surface area is 101 Å². The highest BCUT2D eigenvalue weighted by molar-refractivity contribution is 7.84. The highest BCUT2D eigenvalue weighted by Gasteiger charge is 2.34. The molecule has 0 aromatic rings. The van der Waals surface area contributed by atoms with Crippen LogP contribution in [-0.4, -0.2) is 52.8 Å². The highest BCUT2D eigenvalue weighted by Crippen LogP contribution is 2.33. The smallest absolute Gasteiger partial charge is 0.0385 e. The molecule has 16 heavy (non-hydrogen) atoms. The molecule has 0 spiro atoms. The maximum Gasteiger partial charge on any atom is 0.0385 e. The van der Waals surface area contributed by atoms with Gasteiger partial charge in [-0.2, -0.15) is 0 Å². The Morgan fingerprint density at radius 1 is 1.50 bits per heavy atom. The van der Waals surface area contributed by atoms with Crippen molar-refractivity contribution in [3.63, 3.8) is 0 Å². The molecule has 3 nitrogen and oxygen atoms in total. The average molecular weight is 244 g/mol. The molecule has 4 heteroatoms.